The molecule has 0 unspecified atom stereocenters. The molecule has 0 radical (unpaired) electrons. The van der Waals surface area contributed by atoms with Crippen LogP contribution in [0.1, 0.15) is 19.4 Å². The minimum Gasteiger partial charge on any atom is -0.370 e. The highest BCUT2D eigenvalue weighted by Crippen LogP contribution is 2.09. The van der Waals surface area contributed by atoms with E-state index in [1.54, 1.807) is 0 Å². The molecule has 0 heterocycles. The van der Waals surface area contributed by atoms with E-state index in [4.69, 9.17) is 17.3 Å². The second kappa shape index (κ2) is 8.58. The van der Waals surface area contributed by atoms with Gasteiger partial charge in [0.25, 0.3) is 0 Å². The molecule has 0 aliphatic heterocycles. The number of nitrogens with two attached hydrogens (primary N) is 1. The van der Waals surface area contributed by atoms with Gasteiger partial charge >= 0.3 is 0 Å². The highest BCUT2D eigenvalue weighted by molar-refractivity contribution is 14.0. The van der Waals surface area contributed by atoms with Crippen LogP contribution < -0.4 is 11.1 Å². The lowest BCUT2D eigenvalue weighted by atomic mass is 10.1. The van der Waals surface area contributed by atoms with E-state index in [-0.39, 0.29) is 24.0 Å². The van der Waals surface area contributed by atoms with Gasteiger partial charge in [-0.1, -0.05) is 23.7 Å². The molecule has 0 saturated heterocycles. The number of nitrogens with zero attached hydrogens (tertiary/aromatic N) is 1. The van der Waals surface area contributed by atoms with Gasteiger partial charge in [0.1, 0.15) is 0 Å². The maximum absolute atomic E-state index is 5.80. The quantitative estimate of drug-likeness (QED) is 0.488. The average molecular weight is 368 g/mol. The first kappa shape index (κ1) is 16.5. The zero-order chi connectivity index (χ0) is 12.0. The second-order valence-electron chi connectivity index (χ2n) is 3.94. The van der Waals surface area contributed by atoms with Gasteiger partial charge in [0, 0.05) is 17.6 Å². The molecule has 0 amide bonds. The molecule has 0 aromatic heterocycles. The van der Waals surface area contributed by atoms with Gasteiger partial charge in [0.05, 0.1) is 0 Å². The van der Waals surface area contributed by atoms with Crippen LogP contribution in [-0.2, 0) is 6.42 Å². The van der Waals surface area contributed by atoms with Crippen LogP contribution >= 0.6 is 35.6 Å². The van der Waals surface area contributed by atoms with Crippen molar-refractivity contribution in [2.45, 2.75) is 26.3 Å². The van der Waals surface area contributed by atoms with Crippen molar-refractivity contribution >= 4 is 41.5 Å². The van der Waals surface area contributed by atoms with Gasteiger partial charge in [-0.25, -0.2) is 0 Å². The molecule has 1 rings (SSSR count). The Bertz CT molecular complexity index is 349. The Labute approximate surface area is 125 Å². The molecular weight excluding hydrogens is 349 g/mol. The molecule has 0 atom stereocenters. The predicted octanol–water partition coefficient (Wildman–Crippen LogP) is 2.81. The number of rotatable bonds is 4. The highest BCUT2D eigenvalue weighted by atomic mass is 127. The normalized spacial score (nSPS) is 11.2. The van der Waals surface area contributed by atoms with Gasteiger partial charge in [-0.2, -0.15) is 0 Å². The molecule has 0 bridgehead atoms. The minimum absolute atomic E-state index is 0. The Balaban J connectivity index is 0.00000256. The number of aliphatic imine (C=N–C) groups is 1. The Morgan fingerprint density at radius 3 is 2.47 bits per heavy atom. The Morgan fingerprint density at radius 2 is 1.94 bits per heavy atom. The first-order valence-electron chi connectivity index (χ1n) is 5.39. The van der Waals surface area contributed by atoms with Crippen LogP contribution in [0.3, 0.4) is 0 Å². The van der Waals surface area contributed by atoms with Crippen molar-refractivity contribution in [1.82, 2.24) is 5.32 Å². The van der Waals surface area contributed by atoms with Crippen LogP contribution in [0, 0.1) is 0 Å². The second-order valence-corrected chi connectivity index (χ2v) is 4.38. The SMILES string of the molecule is CC(C)NC(N)=NCCc1ccc(Cl)cc1.I. The topological polar surface area (TPSA) is 50.4 Å². The summed E-state index contributed by atoms with van der Waals surface area (Å²) in [6.07, 6.45) is 0.873. The fourth-order valence-corrected chi connectivity index (χ4v) is 1.42. The molecule has 5 heteroatoms. The molecule has 0 aliphatic carbocycles. The molecule has 17 heavy (non-hydrogen) atoms. The first-order valence-corrected chi connectivity index (χ1v) is 5.76. The van der Waals surface area contributed by atoms with Gasteiger partial charge in [-0.15, -0.1) is 24.0 Å². The van der Waals surface area contributed by atoms with E-state index in [0.29, 0.717) is 18.5 Å². The summed E-state index contributed by atoms with van der Waals surface area (Å²) in [4.78, 5) is 4.23. The number of hydrogen-bond acceptors (Lipinski definition) is 1. The van der Waals surface area contributed by atoms with E-state index in [1.165, 1.54) is 5.56 Å². The first-order chi connectivity index (χ1) is 7.58. The van der Waals surface area contributed by atoms with Gasteiger partial charge in [0.15, 0.2) is 5.96 Å². The number of benzene rings is 1. The lowest BCUT2D eigenvalue weighted by Crippen LogP contribution is -2.36. The third kappa shape index (κ3) is 7.44. The third-order valence-corrected chi connectivity index (χ3v) is 2.28. The standard InChI is InChI=1S/C12H18ClN3.HI/c1-9(2)16-12(14)15-8-7-10-3-5-11(13)6-4-10;/h3-6,9H,7-8H2,1-2H3,(H3,14,15,16);1H. The molecule has 1 aromatic rings. The number of hydrogen-bond donors (Lipinski definition) is 2. The van der Waals surface area contributed by atoms with Gasteiger partial charge < -0.3 is 11.1 Å². The molecular formula is C12H19ClIN3. The highest BCUT2D eigenvalue weighted by Gasteiger charge is 1.95. The minimum atomic E-state index is 0. The predicted molar refractivity (Wildman–Crippen MR) is 85.3 cm³/mol. The third-order valence-electron chi connectivity index (χ3n) is 2.03. The summed E-state index contributed by atoms with van der Waals surface area (Å²) in [5, 5.41) is 3.80. The fraction of sp³-hybridized carbons (Fsp3) is 0.417. The summed E-state index contributed by atoms with van der Waals surface area (Å²) in [6.45, 7) is 4.75. The van der Waals surface area contributed by atoms with Crippen LogP contribution in [0.5, 0.6) is 0 Å². The van der Waals surface area contributed by atoms with Crippen LogP contribution in [0.4, 0.5) is 0 Å². The van der Waals surface area contributed by atoms with E-state index in [9.17, 15) is 0 Å². The lowest BCUT2D eigenvalue weighted by molar-refractivity contribution is 0.723. The molecule has 96 valence electrons. The summed E-state index contributed by atoms with van der Waals surface area (Å²) in [7, 11) is 0. The lowest BCUT2D eigenvalue weighted by Gasteiger charge is -2.08. The molecule has 0 aliphatic rings. The summed E-state index contributed by atoms with van der Waals surface area (Å²) in [6, 6.07) is 8.10. The molecule has 0 saturated carbocycles. The van der Waals surface area contributed by atoms with Crippen LogP contribution in [0.15, 0.2) is 29.3 Å². The number of nitrogens with one attached hydrogen (secondary N) is 1. The van der Waals surface area contributed by atoms with Crippen molar-refractivity contribution in [3.05, 3.63) is 34.9 Å². The largest absolute Gasteiger partial charge is 0.370 e. The Kier molecular flexibility index (Phi) is 8.33. The smallest absolute Gasteiger partial charge is 0.188 e. The van der Waals surface area contributed by atoms with Gasteiger partial charge in [-0.05, 0) is 38.0 Å². The molecule has 0 spiro atoms. The molecule has 3 nitrogen and oxygen atoms in total. The number of halogens is 2. The Hall–Kier alpha value is -0.490. The van der Waals surface area contributed by atoms with Crippen molar-refractivity contribution in [2.24, 2.45) is 10.7 Å². The molecule has 0 fully saturated rings. The van der Waals surface area contributed by atoms with Crippen molar-refractivity contribution in [3.63, 3.8) is 0 Å². The van der Waals surface area contributed by atoms with Crippen molar-refractivity contribution in [3.8, 4) is 0 Å². The zero-order valence-corrected chi connectivity index (χ0v) is 13.2. The van der Waals surface area contributed by atoms with E-state index in [1.807, 2.05) is 38.1 Å². The maximum Gasteiger partial charge on any atom is 0.188 e. The zero-order valence-electron chi connectivity index (χ0n) is 10.1. The monoisotopic (exact) mass is 367 g/mol. The molecule has 1 aromatic carbocycles. The van der Waals surface area contributed by atoms with E-state index < -0.39 is 0 Å². The van der Waals surface area contributed by atoms with Crippen LogP contribution in [-0.4, -0.2) is 18.5 Å². The van der Waals surface area contributed by atoms with E-state index in [2.05, 4.69) is 10.3 Å². The van der Waals surface area contributed by atoms with E-state index >= 15 is 0 Å². The van der Waals surface area contributed by atoms with Crippen LogP contribution in [0.25, 0.3) is 0 Å². The average Bonchev–Trinajstić information content (AvgIpc) is 2.20. The van der Waals surface area contributed by atoms with Gasteiger partial charge in [0.2, 0.25) is 0 Å². The number of guanidine groups is 1. The summed E-state index contributed by atoms with van der Waals surface area (Å²) in [5.74, 6) is 0.504. The van der Waals surface area contributed by atoms with Crippen LogP contribution in [0.2, 0.25) is 5.02 Å². The summed E-state index contributed by atoms with van der Waals surface area (Å²) < 4.78 is 0. The Morgan fingerprint density at radius 1 is 1.35 bits per heavy atom. The van der Waals surface area contributed by atoms with Crippen molar-refractivity contribution in [2.75, 3.05) is 6.54 Å². The van der Waals surface area contributed by atoms with E-state index in [0.717, 1.165) is 11.4 Å². The fourth-order valence-electron chi connectivity index (χ4n) is 1.30. The maximum atomic E-state index is 5.80. The van der Waals surface area contributed by atoms with Crippen molar-refractivity contribution < 1.29 is 0 Å². The molecule has 3 N–H and O–H groups in total. The van der Waals surface area contributed by atoms with Crippen molar-refractivity contribution in [1.29, 1.82) is 0 Å². The van der Waals surface area contributed by atoms with Gasteiger partial charge in [-0.3, -0.25) is 4.99 Å². The summed E-state index contributed by atoms with van der Waals surface area (Å²) >= 11 is 5.80. The summed E-state index contributed by atoms with van der Waals surface area (Å²) in [5.41, 5.74) is 6.89.